The van der Waals surface area contributed by atoms with E-state index in [1.165, 1.54) is 11.2 Å². The van der Waals surface area contributed by atoms with Crippen LogP contribution in [0, 0.1) is 0 Å². The van der Waals surface area contributed by atoms with Crippen LogP contribution in [-0.4, -0.2) is 64.5 Å². The Labute approximate surface area is 239 Å². The number of nitrogens with one attached hydrogen (secondary N) is 2. The van der Waals surface area contributed by atoms with Crippen LogP contribution in [0.3, 0.4) is 0 Å². The van der Waals surface area contributed by atoms with Gasteiger partial charge in [-0.1, -0.05) is 66.7 Å². The summed E-state index contributed by atoms with van der Waals surface area (Å²) in [5.41, 5.74) is 6.46. The van der Waals surface area contributed by atoms with Crippen molar-refractivity contribution >= 4 is 34.3 Å². The molecule has 41 heavy (non-hydrogen) atoms. The van der Waals surface area contributed by atoms with Crippen LogP contribution in [0.5, 0.6) is 0 Å². The van der Waals surface area contributed by atoms with E-state index < -0.39 is 29.4 Å². The van der Waals surface area contributed by atoms with Gasteiger partial charge in [-0.2, -0.15) is 0 Å². The van der Waals surface area contributed by atoms with Crippen molar-refractivity contribution in [2.75, 3.05) is 26.0 Å². The minimum atomic E-state index is -1.20. The highest BCUT2D eigenvalue weighted by atomic mass is 16.5. The Morgan fingerprint density at radius 3 is 2.37 bits per heavy atom. The predicted octanol–water partition coefficient (Wildman–Crippen LogP) is 3.09. The van der Waals surface area contributed by atoms with Crippen LogP contribution in [0.4, 0.5) is 5.82 Å². The fraction of sp³-hybridized carbons (Fsp3) is 0.290. The molecule has 1 aromatic heterocycles. The number of aromatic nitrogens is 2. The van der Waals surface area contributed by atoms with Crippen molar-refractivity contribution in [2.24, 2.45) is 5.73 Å². The topological polar surface area (TPSA) is 132 Å². The van der Waals surface area contributed by atoms with Gasteiger partial charge in [0, 0.05) is 20.3 Å². The maximum atomic E-state index is 13.3. The number of rotatable bonds is 11. The third-order valence-corrected chi connectivity index (χ3v) is 6.52. The Morgan fingerprint density at radius 1 is 1.00 bits per heavy atom. The molecule has 0 bridgehead atoms. The highest BCUT2D eigenvalue weighted by Gasteiger charge is 2.29. The molecular weight excluding hydrogens is 520 g/mol. The number of amides is 3. The number of nitrogens with zero attached hydrogens (tertiary/aromatic N) is 3. The monoisotopic (exact) mass is 556 g/mol. The number of ether oxygens (including phenoxy) is 1. The molecule has 0 fully saturated rings. The van der Waals surface area contributed by atoms with Gasteiger partial charge in [-0.25, -0.2) is 4.98 Å². The quantitative estimate of drug-likeness (QED) is 0.260. The van der Waals surface area contributed by atoms with Gasteiger partial charge < -0.3 is 30.6 Å². The van der Waals surface area contributed by atoms with Gasteiger partial charge >= 0.3 is 0 Å². The van der Waals surface area contributed by atoms with Crippen molar-refractivity contribution in [1.82, 2.24) is 19.8 Å². The number of fused-ring (bicyclic) bond motifs is 1. The van der Waals surface area contributed by atoms with Crippen LogP contribution in [0.15, 0.2) is 85.3 Å². The molecule has 0 saturated heterocycles. The van der Waals surface area contributed by atoms with Crippen LogP contribution in [0.2, 0.25) is 0 Å². The molecule has 1 heterocycles. The molecule has 0 radical (unpaired) electrons. The van der Waals surface area contributed by atoms with Gasteiger partial charge in [-0.15, -0.1) is 0 Å². The van der Waals surface area contributed by atoms with E-state index >= 15 is 0 Å². The zero-order chi connectivity index (χ0) is 29.6. The van der Waals surface area contributed by atoms with E-state index in [4.69, 9.17) is 10.5 Å². The molecule has 0 aliphatic rings. The van der Waals surface area contributed by atoms with E-state index in [1.54, 1.807) is 38.7 Å². The first kappa shape index (κ1) is 29.4. The molecule has 10 heteroatoms. The highest BCUT2D eigenvalue weighted by Crippen LogP contribution is 2.26. The van der Waals surface area contributed by atoms with Crippen LogP contribution in [-0.2, 0) is 25.7 Å². The maximum Gasteiger partial charge on any atom is 0.250 e. The number of hydrogen-bond donors (Lipinski definition) is 3. The Morgan fingerprint density at radius 2 is 1.68 bits per heavy atom. The van der Waals surface area contributed by atoms with Gasteiger partial charge in [0.2, 0.25) is 11.8 Å². The molecule has 0 aliphatic carbocycles. The first-order valence-electron chi connectivity index (χ1n) is 13.3. The second-order valence-electron chi connectivity index (χ2n) is 10.7. The number of likely N-dealkylation sites (N-methyl/N-ethyl adjacent to an activating group) is 1. The number of imidazole rings is 1. The lowest BCUT2D eigenvalue weighted by atomic mass is 10.0. The summed E-state index contributed by atoms with van der Waals surface area (Å²) in [7, 11) is 3.38. The number of carbonyl (C=O) groups is 3. The molecule has 0 aliphatic heterocycles. The molecule has 214 valence electrons. The van der Waals surface area contributed by atoms with Gasteiger partial charge in [0.15, 0.2) is 5.82 Å². The fourth-order valence-corrected chi connectivity index (χ4v) is 4.22. The second kappa shape index (κ2) is 12.8. The Kier molecular flexibility index (Phi) is 9.16. The summed E-state index contributed by atoms with van der Waals surface area (Å²) in [6.45, 7) is 3.29. The lowest BCUT2D eigenvalue weighted by molar-refractivity contribution is -0.131. The molecule has 0 unspecified atom stereocenters. The molecule has 0 spiro atoms. The van der Waals surface area contributed by atoms with Crippen molar-refractivity contribution in [3.05, 3.63) is 96.4 Å². The molecule has 3 aromatic carbocycles. The van der Waals surface area contributed by atoms with Gasteiger partial charge in [-0.3, -0.25) is 14.4 Å². The maximum absolute atomic E-state index is 13.3. The molecule has 0 saturated carbocycles. The molecule has 4 rings (SSSR count). The Hall–Kier alpha value is -4.54. The summed E-state index contributed by atoms with van der Waals surface area (Å²) in [6, 6.07) is 21.6. The lowest BCUT2D eigenvalue weighted by Crippen LogP contribution is -2.56. The van der Waals surface area contributed by atoms with E-state index in [0.717, 1.165) is 21.9 Å². The van der Waals surface area contributed by atoms with Gasteiger partial charge in [0.25, 0.3) is 5.91 Å². The standard InChI is InChI=1S/C31H36N6O4/c1-31(2,32)30(40)34-25(19-41-18-21-10-6-5-7-11-21)28(38)35-26-17-37(20-33-26)27(29(39)36(3)4)24-15-14-22-12-8-9-13-23(22)16-24/h5-17,20,25,27H,18-19,32H2,1-4H3,(H,34,40)(H,35,38)/t25-,27-/m1/s1. The summed E-state index contributed by atoms with van der Waals surface area (Å²) >= 11 is 0. The number of nitrogens with two attached hydrogens (primary N) is 1. The summed E-state index contributed by atoms with van der Waals surface area (Å²) < 4.78 is 7.41. The fourth-order valence-electron chi connectivity index (χ4n) is 4.22. The first-order valence-corrected chi connectivity index (χ1v) is 13.3. The average molecular weight is 557 g/mol. The summed E-state index contributed by atoms with van der Waals surface area (Å²) in [5.74, 6) is -0.955. The third kappa shape index (κ3) is 7.56. The average Bonchev–Trinajstić information content (AvgIpc) is 3.40. The zero-order valence-corrected chi connectivity index (χ0v) is 23.7. The van der Waals surface area contributed by atoms with E-state index in [2.05, 4.69) is 15.6 Å². The first-order chi connectivity index (χ1) is 19.5. The lowest BCUT2D eigenvalue weighted by Gasteiger charge is -2.23. The molecule has 3 amide bonds. The summed E-state index contributed by atoms with van der Waals surface area (Å²) in [4.78, 5) is 45.0. The highest BCUT2D eigenvalue weighted by molar-refractivity contribution is 5.98. The molecule has 4 N–H and O–H groups in total. The summed E-state index contributed by atoms with van der Waals surface area (Å²) in [5, 5.41) is 7.48. The van der Waals surface area contributed by atoms with E-state index in [1.807, 2.05) is 72.8 Å². The van der Waals surface area contributed by atoms with E-state index in [0.29, 0.717) is 0 Å². The SMILES string of the molecule is CN(C)C(=O)[C@@H](c1ccc2ccccc2c1)n1cnc(NC(=O)[C@@H](COCc2ccccc2)NC(=O)C(C)(C)N)c1. The van der Waals surface area contributed by atoms with E-state index in [9.17, 15) is 14.4 Å². The predicted molar refractivity (Wildman–Crippen MR) is 158 cm³/mol. The number of benzene rings is 3. The van der Waals surface area contributed by atoms with Gasteiger partial charge in [0.1, 0.15) is 12.1 Å². The number of hydrogen-bond acceptors (Lipinski definition) is 6. The summed E-state index contributed by atoms with van der Waals surface area (Å²) in [6.07, 6.45) is 3.09. The van der Waals surface area contributed by atoms with Gasteiger partial charge in [0.05, 0.1) is 25.1 Å². The number of anilines is 1. The Bertz CT molecular complexity index is 1510. The van der Waals surface area contributed by atoms with Crippen LogP contribution in [0.25, 0.3) is 10.8 Å². The van der Waals surface area contributed by atoms with Gasteiger partial charge in [-0.05, 0) is 41.8 Å². The molecule has 10 nitrogen and oxygen atoms in total. The smallest absolute Gasteiger partial charge is 0.250 e. The van der Waals surface area contributed by atoms with Crippen LogP contribution >= 0.6 is 0 Å². The van der Waals surface area contributed by atoms with Crippen LogP contribution < -0.4 is 16.4 Å². The van der Waals surface area contributed by atoms with Crippen molar-refractivity contribution in [3.8, 4) is 0 Å². The zero-order valence-electron chi connectivity index (χ0n) is 23.7. The minimum Gasteiger partial charge on any atom is -0.374 e. The van der Waals surface area contributed by atoms with Crippen molar-refractivity contribution in [2.45, 2.75) is 38.1 Å². The normalized spacial score (nSPS) is 12.9. The van der Waals surface area contributed by atoms with Crippen molar-refractivity contribution in [3.63, 3.8) is 0 Å². The van der Waals surface area contributed by atoms with E-state index in [-0.39, 0.29) is 24.9 Å². The largest absolute Gasteiger partial charge is 0.374 e. The Balaban J connectivity index is 1.53. The van der Waals surface area contributed by atoms with Crippen molar-refractivity contribution < 1.29 is 19.1 Å². The third-order valence-electron chi connectivity index (χ3n) is 6.52. The van der Waals surface area contributed by atoms with Crippen molar-refractivity contribution in [1.29, 1.82) is 0 Å². The van der Waals surface area contributed by atoms with Crippen LogP contribution in [0.1, 0.15) is 31.0 Å². The number of carbonyl (C=O) groups excluding carboxylic acids is 3. The molecule has 2 atom stereocenters. The minimum absolute atomic E-state index is 0.0813. The molecule has 4 aromatic rings. The second-order valence-corrected chi connectivity index (χ2v) is 10.7. The molecular formula is C31H36N6O4.